The largest absolute Gasteiger partial charge is 0.454 e. The number of rotatable bonds is 9. The average molecular weight is 563 g/mol. The molecular weight excluding hydrogens is 528 g/mol. The first-order chi connectivity index (χ1) is 20.0. The molecule has 7 N–H and O–H groups in total. The topological polar surface area (TPSA) is 178 Å². The molecule has 6 rings (SSSR count). The van der Waals surface area contributed by atoms with Crippen LogP contribution < -0.4 is 46.4 Å². The Labute approximate surface area is 237 Å². The predicted molar refractivity (Wildman–Crippen MR) is 154 cm³/mol. The van der Waals surface area contributed by atoms with E-state index in [1.54, 1.807) is 0 Å². The van der Waals surface area contributed by atoms with Gasteiger partial charge in [0.15, 0.2) is 40.9 Å². The highest BCUT2D eigenvalue weighted by molar-refractivity contribution is 6.00. The predicted octanol–water partition coefficient (Wildman–Crippen LogP) is 0.431. The van der Waals surface area contributed by atoms with Crippen LogP contribution >= 0.6 is 0 Å². The maximum Gasteiger partial charge on any atom is 0.231 e. The first-order valence-electron chi connectivity index (χ1n) is 13.6. The Balaban J connectivity index is 1.07. The van der Waals surface area contributed by atoms with Gasteiger partial charge in [-0.15, -0.1) is 0 Å². The minimum atomic E-state index is -0.270. The number of fused-ring (bicyclic) bond motifs is 2. The molecule has 4 heterocycles. The van der Waals surface area contributed by atoms with Crippen molar-refractivity contribution < 1.29 is 18.9 Å². The highest BCUT2D eigenvalue weighted by atomic mass is 16.7. The van der Waals surface area contributed by atoms with Crippen molar-refractivity contribution in [1.29, 1.82) is 0 Å². The summed E-state index contributed by atoms with van der Waals surface area (Å²) < 4.78 is 21.8. The number of guanidine groups is 4. The van der Waals surface area contributed by atoms with Gasteiger partial charge < -0.3 is 40.6 Å². The fourth-order valence-electron chi connectivity index (χ4n) is 4.87. The van der Waals surface area contributed by atoms with E-state index in [0.717, 1.165) is 47.0 Å². The van der Waals surface area contributed by atoms with Crippen LogP contribution in [0.2, 0.25) is 0 Å². The second-order valence-electron chi connectivity index (χ2n) is 9.90. The molecule has 0 amide bonds. The molecule has 216 valence electrons. The molecule has 0 fully saturated rings. The molecule has 4 aliphatic rings. The monoisotopic (exact) mass is 562 g/mol. The van der Waals surface area contributed by atoms with Crippen LogP contribution in [0, 0.1) is 0 Å². The van der Waals surface area contributed by atoms with Crippen LogP contribution in [0.15, 0.2) is 56.4 Å². The summed E-state index contributed by atoms with van der Waals surface area (Å²) in [6.45, 7) is 4.29. The normalized spacial score (nSPS) is 21.3. The van der Waals surface area contributed by atoms with Gasteiger partial charge in [-0.2, -0.15) is 0 Å². The molecule has 0 bridgehead atoms. The fraction of sp³-hybridized carbons (Fsp3) is 0.407. The molecule has 41 heavy (non-hydrogen) atoms. The zero-order chi connectivity index (χ0) is 28.2. The van der Waals surface area contributed by atoms with Crippen molar-refractivity contribution in [3.63, 3.8) is 0 Å². The maximum absolute atomic E-state index is 6.11. The second-order valence-corrected chi connectivity index (χ2v) is 9.90. The summed E-state index contributed by atoms with van der Waals surface area (Å²) in [5.41, 5.74) is 14.4. The average Bonchev–Trinajstić information content (AvgIpc) is 3.61. The van der Waals surface area contributed by atoms with E-state index in [-0.39, 0.29) is 25.9 Å². The van der Waals surface area contributed by atoms with Crippen molar-refractivity contribution in [2.75, 3.05) is 33.2 Å². The van der Waals surface area contributed by atoms with Crippen molar-refractivity contribution in [3.8, 4) is 23.0 Å². The lowest BCUT2D eigenvalue weighted by Crippen LogP contribution is -2.55. The number of hydrogen-bond donors (Lipinski definition) is 5. The Kier molecular flexibility index (Phi) is 7.52. The van der Waals surface area contributed by atoms with E-state index < -0.39 is 0 Å². The molecule has 0 saturated heterocycles. The summed E-state index contributed by atoms with van der Waals surface area (Å²) in [4.78, 5) is 20.3. The summed E-state index contributed by atoms with van der Waals surface area (Å²) in [6, 6.07) is 11.9. The van der Waals surface area contributed by atoms with E-state index in [0.29, 0.717) is 49.9 Å². The van der Waals surface area contributed by atoms with Crippen LogP contribution in [0.4, 0.5) is 0 Å². The zero-order valence-corrected chi connectivity index (χ0v) is 22.8. The van der Waals surface area contributed by atoms with E-state index >= 15 is 0 Å². The van der Waals surface area contributed by atoms with Crippen molar-refractivity contribution in [2.24, 2.45) is 31.4 Å². The Morgan fingerprint density at radius 1 is 0.829 bits per heavy atom. The summed E-state index contributed by atoms with van der Waals surface area (Å²) in [5.74, 6) is 5.00. The molecule has 2 unspecified atom stereocenters. The second kappa shape index (κ2) is 11.7. The molecule has 14 heteroatoms. The van der Waals surface area contributed by atoms with Gasteiger partial charge in [-0.1, -0.05) is 12.1 Å². The van der Waals surface area contributed by atoms with Crippen molar-refractivity contribution in [1.82, 2.24) is 20.9 Å². The van der Waals surface area contributed by atoms with Gasteiger partial charge >= 0.3 is 0 Å². The van der Waals surface area contributed by atoms with Gasteiger partial charge in [-0.25, -0.2) is 15.0 Å². The lowest BCUT2D eigenvalue weighted by molar-refractivity contribution is 0.173. The summed E-state index contributed by atoms with van der Waals surface area (Å²) in [7, 11) is 0. The van der Waals surface area contributed by atoms with Crippen LogP contribution in [0.5, 0.6) is 23.0 Å². The molecule has 2 aromatic rings. The van der Waals surface area contributed by atoms with E-state index in [4.69, 9.17) is 30.4 Å². The van der Waals surface area contributed by atoms with Gasteiger partial charge in [0, 0.05) is 26.1 Å². The van der Waals surface area contributed by atoms with E-state index in [1.165, 1.54) is 0 Å². The number of hydrogen-bond acceptors (Lipinski definition) is 12. The third-order valence-electron chi connectivity index (χ3n) is 6.91. The molecule has 4 aliphatic heterocycles. The van der Waals surface area contributed by atoms with Crippen LogP contribution in [0.25, 0.3) is 0 Å². The zero-order valence-electron chi connectivity index (χ0n) is 22.8. The number of benzene rings is 2. The number of nitrogens with two attached hydrogens (primary N) is 2. The van der Waals surface area contributed by atoms with Crippen molar-refractivity contribution in [3.05, 3.63) is 47.5 Å². The first kappa shape index (κ1) is 26.3. The number of nitrogens with one attached hydrogen (secondary N) is 3. The fourth-order valence-corrected chi connectivity index (χ4v) is 4.87. The quantitative estimate of drug-likeness (QED) is 0.288. The van der Waals surface area contributed by atoms with E-state index in [9.17, 15) is 0 Å². The molecular formula is C27H34N10O4. The van der Waals surface area contributed by atoms with Gasteiger partial charge in [0.2, 0.25) is 19.5 Å². The summed E-state index contributed by atoms with van der Waals surface area (Å²) in [6.07, 6.45) is 1.62. The number of ether oxygens (including phenoxy) is 4. The third-order valence-corrected chi connectivity index (χ3v) is 6.91. The molecule has 0 saturated carbocycles. The molecule has 2 atom stereocenters. The van der Waals surface area contributed by atoms with Crippen molar-refractivity contribution in [2.45, 2.75) is 38.5 Å². The van der Waals surface area contributed by atoms with Gasteiger partial charge in [0.25, 0.3) is 0 Å². The number of aliphatic imine (C=N–C) groups is 4. The van der Waals surface area contributed by atoms with Crippen LogP contribution in [-0.4, -0.2) is 74.3 Å². The minimum absolute atomic E-state index is 0.249. The Morgan fingerprint density at radius 2 is 1.49 bits per heavy atom. The third kappa shape index (κ3) is 6.48. The Hall–Kier alpha value is -4.88. The highest BCUT2D eigenvalue weighted by Gasteiger charge is 2.22. The van der Waals surface area contributed by atoms with Crippen LogP contribution in [0.3, 0.4) is 0 Å². The Bertz CT molecular complexity index is 1410. The van der Waals surface area contributed by atoms with Gasteiger partial charge in [-0.05, 0) is 55.2 Å². The minimum Gasteiger partial charge on any atom is -0.454 e. The van der Waals surface area contributed by atoms with Gasteiger partial charge in [-0.3, -0.25) is 15.6 Å². The molecule has 0 aromatic heterocycles. The molecule has 0 spiro atoms. The molecule has 2 aromatic carbocycles. The molecule has 14 nitrogen and oxygen atoms in total. The number of nitrogens with zero attached hydrogens (tertiary/aromatic N) is 5. The van der Waals surface area contributed by atoms with E-state index in [2.05, 4.69) is 40.8 Å². The standard InChI is InChI=1S/C27H34N10O4/c1-16-31-24(28)36-27(32-16)37(10-7-18-3-5-20-22(13-18)41-15-39-20)11-8-23-33-25(29)35-26(34-23)30-9-6-17-2-4-19-21(12-17)40-14-38-19/h2-5,12-13,16,23H,6-11,14-15H2,1H3,(H3,28,31,32,36)(H4,29,30,33,34,35). The summed E-state index contributed by atoms with van der Waals surface area (Å²) in [5, 5.41) is 9.49. The van der Waals surface area contributed by atoms with Crippen molar-refractivity contribution >= 4 is 23.8 Å². The first-order valence-corrected chi connectivity index (χ1v) is 13.6. The SMILES string of the molecule is CC1N=C(N)NC(N(CCc2ccc3c(c2)OCO3)CCC2N=C(N)NC(=NCCc3ccc4c(c3)OCO4)N2)=N1. The molecule has 0 radical (unpaired) electrons. The van der Waals surface area contributed by atoms with Gasteiger partial charge in [0.05, 0.1) is 0 Å². The Morgan fingerprint density at radius 3 is 2.20 bits per heavy atom. The highest BCUT2D eigenvalue weighted by Crippen LogP contribution is 2.33. The van der Waals surface area contributed by atoms with Gasteiger partial charge in [0.1, 0.15) is 12.3 Å². The summed E-state index contributed by atoms with van der Waals surface area (Å²) >= 11 is 0. The lowest BCUT2D eigenvalue weighted by Gasteiger charge is -2.31. The lowest BCUT2D eigenvalue weighted by atomic mass is 10.1. The smallest absolute Gasteiger partial charge is 0.231 e. The van der Waals surface area contributed by atoms with Crippen LogP contribution in [0.1, 0.15) is 24.5 Å². The maximum atomic E-state index is 6.11. The van der Waals surface area contributed by atoms with E-state index in [1.807, 2.05) is 43.3 Å². The molecule has 0 aliphatic carbocycles. The van der Waals surface area contributed by atoms with Crippen LogP contribution in [-0.2, 0) is 12.8 Å².